The summed E-state index contributed by atoms with van der Waals surface area (Å²) in [5.74, 6) is 0.889. The minimum absolute atomic E-state index is 0.468. The van der Waals surface area contributed by atoms with Gasteiger partial charge in [-0.15, -0.1) is 0 Å². The predicted molar refractivity (Wildman–Crippen MR) is 79.7 cm³/mol. The van der Waals surface area contributed by atoms with Gasteiger partial charge in [0.2, 0.25) is 5.88 Å². The molecule has 0 bridgehead atoms. The van der Waals surface area contributed by atoms with Gasteiger partial charge in [-0.3, -0.25) is 0 Å². The zero-order valence-electron chi connectivity index (χ0n) is 12.9. The first-order valence-electron chi connectivity index (χ1n) is 7.52. The molecule has 21 heavy (non-hydrogen) atoms. The molecule has 2 heterocycles. The summed E-state index contributed by atoms with van der Waals surface area (Å²) in [5, 5.41) is 9.53. The quantitative estimate of drug-likeness (QED) is 0.897. The Labute approximate surface area is 125 Å². The summed E-state index contributed by atoms with van der Waals surface area (Å²) in [7, 11) is 0. The van der Waals surface area contributed by atoms with Crippen molar-refractivity contribution in [3.63, 3.8) is 0 Å². The van der Waals surface area contributed by atoms with Gasteiger partial charge in [0.1, 0.15) is 18.2 Å². The highest BCUT2D eigenvalue weighted by Gasteiger charge is 2.34. The molecule has 1 N–H and O–H groups in total. The predicted octanol–water partition coefficient (Wildman–Crippen LogP) is 2.26. The van der Waals surface area contributed by atoms with Gasteiger partial charge in [0.05, 0.1) is 12.2 Å². The van der Waals surface area contributed by atoms with Crippen LogP contribution in [0.25, 0.3) is 0 Å². The van der Waals surface area contributed by atoms with Gasteiger partial charge in [-0.05, 0) is 32.6 Å². The SMILES string of the molecule is CCOc1ncnc(N2CCC(CC)CC2C(=O)O)c1C. The summed E-state index contributed by atoms with van der Waals surface area (Å²) in [4.78, 5) is 21.9. The first-order chi connectivity index (χ1) is 10.1. The lowest BCUT2D eigenvalue weighted by atomic mass is 9.88. The van der Waals surface area contributed by atoms with Crippen molar-refractivity contribution in [3.8, 4) is 5.88 Å². The number of ether oxygens (including phenoxy) is 1. The number of aromatic nitrogens is 2. The summed E-state index contributed by atoms with van der Waals surface area (Å²) in [6.07, 6.45) is 4.12. The average molecular weight is 293 g/mol. The maximum atomic E-state index is 11.6. The van der Waals surface area contributed by atoms with Crippen LogP contribution < -0.4 is 9.64 Å². The van der Waals surface area contributed by atoms with E-state index < -0.39 is 12.0 Å². The number of hydrogen-bond acceptors (Lipinski definition) is 5. The van der Waals surface area contributed by atoms with E-state index in [1.54, 1.807) is 0 Å². The van der Waals surface area contributed by atoms with E-state index >= 15 is 0 Å². The molecule has 0 radical (unpaired) electrons. The van der Waals surface area contributed by atoms with Crippen LogP contribution in [0.4, 0.5) is 5.82 Å². The zero-order valence-corrected chi connectivity index (χ0v) is 12.9. The Balaban J connectivity index is 2.31. The van der Waals surface area contributed by atoms with Crippen molar-refractivity contribution in [2.45, 2.75) is 46.1 Å². The highest BCUT2D eigenvalue weighted by Crippen LogP contribution is 2.32. The minimum atomic E-state index is -0.788. The van der Waals surface area contributed by atoms with Crippen LogP contribution in [0.2, 0.25) is 0 Å². The topological polar surface area (TPSA) is 75.6 Å². The van der Waals surface area contributed by atoms with E-state index in [1.165, 1.54) is 6.33 Å². The summed E-state index contributed by atoms with van der Waals surface area (Å²) in [6.45, 7) is 7.12. The third-order valence-electron chi connectivity index (χ3n) is 4.14. The van der Waals surface area contributed by atoms with E-state index in [2.05, 4.69) is 16.9 Å². The van der Waals surface area contributed by atoms with Crippen LogP contribution in [0, 0.1) is 12.8 Å². The molecular formula is C15H23N3O3. The Morgan fingerprint density at radius 1 is 1.48 bits per heavy atom. The molecule has 0 aromatic carbocycles. The van der Waals surface area contributed by atoms with Crippen LogP contribution in [-0.4, -0.2) is 40.2 Å². The minimum Gasteiger partial charge on any atom is -0.480 e. The van der Waals surface area contributed by atoms with Crippen molar-refractivity contribution in [1.29, 1.82) is 0 Å². The van der Waals surface area contributed by atoms with Gasteiger partial charge in [-0.1, -0.05) is 13.3 Å². The number of anilines is 1. The molecule has 1 aliphatic heterocycles. The molecule has 0 amide bonds. The van der Waals surface area contributed by atoms with Crippen LogP contribution in [0.3, 0.4) is 0 Å². The lowest BCUT2D eigenvalue weighted by molar-refractivity contribution is -0.139. The molecule has 1 saturated heterocycles. The lowest BCUT2D eigenvalue weighted by Crippen LogP contribution is -2.48. The van der Waals surface area contributed by atoms with Gasteiger partial charge in [0.15, 0.2) is 0 Å². The molecule has 1 aromatic rings. The molecule has 116 valence electrons. The van der Waals surface area contributed by atoms with E-state index in [-0.39, 0.29) is 0 Å². The Hall–Kier alpha value is -1.85. The second-order valence-electron chi connectivity index (χ2n) is 5.41. The fraction of sp³-hybridized carbons (Fsp3) is 0.667. The Morgan fingerprint density at radius 3 is 2.86 bits per heavy atom. The average Bonchev–Trinajstić information content (AvgIpc) is 2.49. The van der Waals surface area contributed by atoms with Crippen molar-refractivity contribution in [2.24, 2.45) is 5.92 Å². The van der Waals surface area contributed by atoms with E-state index in [1.807, 2.05) is 18.7 Å². The van der Waals surface area contributed by atoms with Crippen LogP contribution >= 0.6 is 0 Å². The number of carbonyl (C=O) groups is 1. The summed E-state index contributed by atoms with van der Waals surface area (Å²) in [6, 6.07) is -0.522. The van der Waals surface area contributed by atoms with Crippen molar-refractivity contribution in [3.05, 3.63) is 11.9 Å². The number of hydrogen-bond donors (Lipinski definition) is 1. The Bertz CT molecular complexity index is 507. The van der Waals surface area contributed by atoms with Gasteiger partial charge < -0.3 is 14.7 Å². The summed E-state index contributed by atoms with van der Waals surface area (Å²) < 4.78 is 5.48. The molecule has 0 spiro atoms. The molecule has 0 aliphatic carbocycles. The largest absolute Gasteiger partial charge is 0.480 e. The maximum Gasteiger partial charge on any atom is 0.326 e. The molecule has 1 fully saturated rings. The number of nitrogens with zero attached hydrogens (tertiary/aromatic N) is 3. The Morgan fingerprint density at radius 2 is 2.24 bits per heavy atom. The third kappa shape index (κ3) is 3.25. The lowest BCUT2D eigenvalue weighted by Gasteiger charge is -2.38. The third-order valence-corrected chi connectivity index (χ3v) is 4.14. The Kier molecular flexibility index (Phi) is 4.98. The monoisotopic (exact) mass is 293 g/mol. The second-order valence-corrected chi connectivity index (χ2v) is 5.41. The van der Waals surface area contributed by atoms with Gasteiger partial charge in [-0.2, -0.15) is 0 Å². The normalized spacial score (nSPS) is 22.1. The highest BCUT2D eigenvalue weighted by atomic mass is 16.5. The number of aliphatic carboxylic acids is 1. The van der Waals surface area contributed by atoms with Crippen molar-refractivity contribution < 1.29 is 14.6 Å². The van der Waals surface area contributed by atoms with Crippen molar-refractivity contribution >= 4 is 11.8 Å². The van der Waals surface area contributed by atoms with Crippen LogP contribution in [-0.2, 0) is 4.79 Å². The number of piperidine rings is 1. The van der Waals surface area contributed by atoms with Crippen molar-refractivity contribution in [1.82, 2.24) is 9.97 Å². The summed E-state index contributed by atoms with van der Waals surface area (Å²) in [5.41, 5.74) is 0.806. The maximum absolute atomic E-state index is 11.6. The fourth-order valence-electron chi connectivity index (χ4n) is 2.89. The number of rotatable bonds is 5. The molecule has 2 unspecified atom stereocenters. The smallest absolute Gasteiger partial charge is 0.326 e. The summed E-state index contributed by atoms with van der Waals surface area (Å²) >= 11 is 0. The molecule has 2 rings (SSSR count). The van der Waals surface area contributed by atoms with E-state index in [4.69, 9.17) is 4.74 Å². The molecule has 1 aromatic heterocycles. The molecule has 6 nitrogen and oxygen atoms in total. The molecule has 0 saturated carbocycles. The highest BCUT2D eigenvalue weighted by molar-refractivity contribution is 5.78. The van der Waals surface area contributed by atoms with E-state index in [9.17, 15) is 9.90 Å². The molecular weight excluding hydrogens is 270 g/mol. The van der Waals surface area contributed by atoms with Crippen molar-refractivity contribution in [2.75, 3.05) is 18.1 Å². The van der Waals surface area contributed by atoms with Gasteiger partial charge >= 0.3 is 5.97 Å². The van der Waals surface area contributed by atoms with E-state index in [0.717, 1.165) is 18.4 Å². The van der Waals surface area contributed by atoms with Gasteiger partial charge in [0.25, 0.3) is 0 Å². The zero-order chi connectivity index (χ0) is 15.4. The standard InChI is InChI=1S/C15H23N3O3/c1-4-11-6-7-18(12(8-11)15(19)20)13-10(3)14(21-5-2)17-9-16-13/h9,11-12H,4-8H2,1-3H3,(H,19,20). The van der Waals surface area contributed by atoms with Crippen LogP contribution in [0.1, 0.15) is 38.7 Å². The molecule has 6 heteroatoms. The molecule has 2 atom stereocenters. The number of carboxylic acids is 1. The first kappa shape index (κ1) is 15.5. The van der Waals surface area contributed by atoms with Crippen LogP contribution in [0.5, 0.6) is 5.88 Å². The number of carboxylic acid groups (broad SMARTS) is 1. The first-order valence-corrected chi connectivity index (χ1v) is 7.52. The van der Waals surface area contributed by atoms with Crippen LogP contribution in [0.15, 0.2) is 6.33 Å². The second kappa shape index (κ2) is 6.74. The van der Waals surface area contributed by atoms with E-state index in [0.29, 0.717) is 37.2 Å². The molecule has 1 aliphatic rings. The van der Waals surface area contributed by atoms with Gasteiger partial charge in [-0.25, -0.2) is 14.8 Å². The van der Waals surface area contributed by atoms with Gasteiger partial charge in [0, 0.05) is 6.54 Å². The fourth-order valence-corrected chi connectivity index (χ4v) is 2.89.